The number of nitrogens with two attached hydrogens (primary N) is 1. The second kappa shape index (κ2) is 9.14. The van der Waals surface area contributed by atoms with Gasteiger partial charge in [0.05, 0.1) is 6.54 Å². The lowest BCUT2D eigenvalue weighted by Gasteiger charge is -2.34. The van der Waals surface area contributed by atoms with E-state index in [9.17, 15) is 28.0 Å². The molecule has 1 aliphatic heterocycles. The number of Topliss-reactive ketones (excluding diaryl/α,β-unsaturated/α-hetero) is 1. The van der Waals surface area contributed by atoms with E-state index in [0.717, 1.165) is 12.8 Å². The minimum Gasteiger partial charge on any atom is -0.435 e. The Bertz CT molecular complexity index is 1180. The highest BCUT2D eigenvalue weighted by molar-refractivity contribution is 6.01. The summed E-state index contributed by atoms with van der Waals surface area (Å²) in [7, 11) is 0. The van der Waals surface area contributed by atoms with Gasteiger partial charge in [-0.25, -0.2) is 4.79 Å². The molecule has 4 rings (SSSR count). The molecule has 0 bridgehead atoms. The number of benzene rings is 1. The quantitative estimate of drug-likeness (QED) is 0.578. The number of nitrogens with one attached hydrogen (secondary N) is 1. The Labute approximate surface area is 186 Å². The van der Waals surface area contributed by atoms with E-state index in [1.165, 1.54) is 28.8 Å². The van der Waals surface area contributed by atoms with Gasteiger partial charge < -0.3 is 15.4 Å². The Balaban J connectivity index is 1.39. The zero-order valence-electron chi connectivity index (χ0n) is 17.6. The molecule has 1 aliphatic carbocycles. The summed E-state index contributed by atoms with van der Waals surface area (Å²) in [6, 6.07) is 5.48. The van der Waals surface area contributed by atoms with Gasteiger partial charge >= 0.3 is 12.3 Å². The molecule has 0 spiro atoms. The van der Waals surface area contributed by atoms with E-state index in [1.54, 1.807) is 9.80 Å². The highest BCUT2D eigenvalue weighted by Crippen LogP contribution is 2.35. The van der Waals surface area contributed by atoms with Gasteiger partial charge in [-0.3, -0.25) is 28.8 Å². The number of halogens is 2. The van der Waals surface area contributed by atoms with Crippen LogP contribution >= 0.6 is 0 Å². The topological polar surface area (TPSA) is 131 Å². The summed E-state index contributed by atoms with van der Waals surface area (Å²) in [5, 5.41) is 0. The van der Waals surface area contributed by atoms with Crippen LogP contribution in [0.15, 0.2) is 33.9 Å². The van der Waals surface area contributed by atoms with Crippen LogP contribution in [0.25, 0.3) is 0 Å². The molecule has 2 aromatic rings. The third-order valence-electron chi connectivity index (χ3n) is 5.71. The van der Waals surface area contributed by atoms with Crippen molar-refractivity contribution in [2.45, 2.75) is 25.5 Å². The number of piperazine rings is 1. The summed E-state index contributed by atoms with van der Waals surface area (Å²) < 4.78 is 30.4. The van der Waals surface area contributed by atoms with Crippen LogP contribution in [0.1, 0.15) is 39.6 Å². The van der Waals surface area contributed by atoms with Gasteiger partial charge in [0.25, 0.3) is 11.5 Å². The molecule has 1 saturated heterocycles. The van der Waals surface area contributed by atoms with Crippen molar-refractivity contribution in [2.75, 3.05) is 38.5 Å². The highest BCUT2D eigenvalue weighted by atomic mass is 19.3. The molecule has 176 valence electrons. The van der Waals surface area contributed by atoms with E-state index in [-0.39, 0.29) is 41.2 Å². The van der Waals surface area contributed by atoms with Crippen LogP contribution in [0.2, 0.25) is 0 Å². The summed E-state index contributed by atoms with van der Waals surface area (Å²) in [6.07, 6.45) is 1.52. The van der Waals surface area contributed by atoms with Crippen molar-refractivity contribution in [3.8, 4) is 5.75 Å². The number of hydrogen-bond acceptors (Lipinski definition) is 7. The number of nitrogen functional groups attached to an aromatic ring is 1. The molecule has 1 aromatic carbocycles. The molecule has 2 heterocycles. The van der Waals surface area contributed by atoms with Crippen molar-refractivity contribution < 1.29 is 23.1 Å². The van der Waals surface area contributed by atoms with Gasteiger partial charge in [0.1, 0.15) is 17.1 Å². The van der Waals surface area contributed by atoms with Crippen molar-refractivity contribution in [1.29, 1.82) is 0 Å². The maximum atomic E-state index is 12.8. The molecule has 1 amide bonds. The molecular weight excluding hydrogens is 440 g/mol. The number of rotatable bonds is 7. The summed E-state index contributed by atoms with van der Waals surface area (Å²) in [5.41, 5.74) is 4.56. The number of hydrogen-bond donors (Lipinski definition) is 2. The fourth-order valence-electron chi connectivity index (χ4n) is 3.91. The first-order valence-corrected chi connectivity index (χ1v) is 10.5. The van der Waals surface area contributed by atoms with Crippen LogP contribution in [0, 0.1) is 0 Å². The minimum absolute atomic E-state index is 0.0874. The van der Waals surface area contributed by atoms with Gasteiger partial charge in [-0.15, -0.1) is 0 Å². The largest absolute Gasteiger partial charge is 0.435 e. The number of nitrogens with zero attached hydrogens (tertiary/aromatic N) is 3. The lowest BCUT2D eigenvalue weighted by Crippen LogP contribution is -2.50. The fourth-order valence-corrected chi connectivity index (χ4v) is 3.91. The Hall–Kier alpha value is -3.54. The van der Waals surface area contributed by atoms with Crippen LogP contribution in [0.4, 0.5) is 14.6 Å². The molecule has 0 unspecified atom stereocenters. The Morgan fingerprint density at radius 2 is 1.85 bits per heavy atom. The number of alkyl halides is 2. The second-order valence-electron chi connectivity index (χ2n) is 8.02. The maximum absolute atomic E-state index is 12.8. The zero-order chi connectivity index (χ0) is 23.7. The fraction of sp³-hybridized carbons (Fsp3) is 0.429. The number of anilines is 1. The Morgan fingerprint density at radius 1 is 1.15 bits per heavy atom. The molecule has 2 fully saturated rings. The van der Waals surface area contributed by atoms with E-state index in [0.29, 0.717) is 26.2 Å². The number of amides is 1. The second-order valence-corrected chi connectivity index (χ2v) is 8.02. The maximum Gasteiger partial charge on any atom is 0.387 e. The van der Waals surface area contributed by atoms with Crippen molar-refractivity contribution in [2.24, 2.45) is 0 Å². The molecule has 33 heavy (non-hydrogen) atoms. The van der Waals surface area contributed by atoms with Gasteiger partial charge in [-0.05, 0) is 31.0 Å². The van der Waals surface area contributed by atoms with E-state index < -0.39 is 23.6 Å². The number of ether oxygens (including phenoxy) is 1. The predicted molar refractivity (Wildman–Crippen MR) is 114 cm³/mol. The molecule has 0 atom stereocenters. The van der Waals surface area contributed by atoms with Crippen molar-refractivity contribution in [3.05, 3.63) is 56.2 Å². The normalized spacial score (nSPS) is 16.8. The van der Waals surface area contributed by atoms with Gasteiger partial charge in [0, 0.05) is 37.8 Å². The molecule has 2 aliphatic rings. The summed E-state index contributed by atoms with van der Waals surface area (Å²) in [6.45, 7) is -1.73. The van der Waals surface area contributed by atoms with Gasteiger partial charge in [-0.2, -0.15) is 8.78 Å². The molecule has 3 N–H and O–H groups in total. The third-order valence-corrected chi connectivity index (χ3v) is 5.71. The number of H-pyrrole nitrogens is 1. The molecule has 0 radical (unpaired) electrons. The van der Waals surface area contributed by atoms with Crippen molar-refractivity contribution in [1.82, 2.24) is 19.4 Å². The highest BCUT2D eigenvalue weighted by Gasteiger charge is 2.31. The first-order valence-electron chi connectivity index (χ1n) is 10.5. The number of carbonyl (C=O) groups is 2. The molecule has 10 nitrogen and oxygen atoms in total. The minimum atomic E-state index is -2.98. The average Bonchev–Trinajstić information content (AvgIpc) is 3.58. The van der Waals surface area contributed by atoms with Gasteiger partial charge in [-0.1, -0.05) is 6.07 Å². The van der Waals surface area contributed by atoms with Gasteiger partial charge in [0.15, 0.2) is 5.78 Å². The number of aromatic nitrogens is 2. The molecular formula is C21H23F2N5O5. The first kappa shape index (κ1) is 22.6. The van der Waals surface area contributed by atoms with Crippen LogP contribution in [0.5, 0.6) is 5.75 Å². The average molecular weight is 463 g/mol. The molecule has 1 aromatic heterocycles. The first-order chi connectivity index (χ1) is 15.7. The van der Waals surface area contributed by atoms with Crippen LogP contribution < -0.4 is 21.7 Å². The standard InChI is InChI=1S/C21H23F2N5O5/c22-20(23)33-14-3-1-2-12(10-14)19(31)27-8-6-26(7-9-27)11-15(29)16-17(24)28(13-4-5-13)21(32)25-18(16)30/h1-3,10,13,20H,4-9,11,24H2,(H,25,30,32). The Morgan fingerprint density at radius 3 is 2.48 bits per heavy atom. The zero-order valence-corrected chi connectivity index (χ0v) is 17.6. The number of carbonyl (C=O) groups excluding carboxylic acids is 2. The lowest BCUT2D eigenvalue weighted by atomic mass is 10.1. The molecule has 12 heteroatoms. The SMILES string of the molecule is Nc1c(C(=O)CN2CCN(C(=O)c3cccc(OC(F)F)c3)CC2)c(=O)[nH]c(=O)n1C1CC1. The van der Waals surface area contributed by atoms with Crippen LogP contribution in [-0.4, -0.2) is 70.4 Å². The van der Waals surface area contributed by atoms with Crippen molar-refractivity contribution in [3.63, 3.8) is 0 Å². The smallest absolute Gasteiger partial charge is 0.387 e. The third kappa shape index (κ3) is 4.95. The van der Waals surface area contributed by atoms with Crippen molar-refractivity contribution >= 4 is 17.5 Å². The van der Waals surface area contributed by atoms with Crippen LogP contribution in [-0.2, 0) is 0 Å². The van der Waals surface area contributed by atoms with E-state index in [2.05, 4.69) is 9.72 Å². The van der Waals surface area contributed by atoms with E-state index >= 15 is 0 Å². The Kier molecular flexibility index (Phi) is 6.27. The van der Waals surface area contributed by atoms with Gasteiger partial charge in [0.2, 0.25) is 0 Å². The summed E-state index contributed by atoms with van der Waals surface area (Å²) in [4.78, 5) is 55.3. The number of ketones is 1. The monoisotopic (exact) mass is 463 g/mol. The summed E-state index contributed by atoms with van der Waals surface area (Å²) >= 11 is 0. The summed E-state index contributed by atoms with van der Waals surface area (Å²) in [5.74, 6) is -1.05. The lowest BCUT2D eigenvalue weighted by molar-refractivity contribution is -0.0499. The van der Waals surface area contributed by atoms with Crippen LogP contribution in [0.3, 0.4) is 0 Å². The van der Waals surface area contributed by atoms with E-state index in [4.69, 9.17) is 5.73 Å². The van der Waals surface area contributed by atoms with E-state index in [1.807, 2.05) is 0 Å². The predicted octanol–water partition coefficient (Wildman–Crippen LogP) is 0.696. The molecule has 1 saturated carbocycles. The number of aromatic amines is 1.